The molecule has 0 N–H and O–H groups in total. The predicted octanol–water partition coefficient (Wildman–Crippen LogP) is 1.19. The molecule has 0 aromatic carbocycles. The Bertz CT molecular complexity index is 151. The van der Waals surface area contributed by atoms with Crippen LogP contribution in [-0.4, -0.2) is 12.1 Å². The van der Waals surface area contributed by atoms with Crippen LogP contribution >= 0.6 is 0 Å². The lowest BCUT2D eigenvalue weighted by atomic mass is 9.95. The van der Waals surface area contributed by atoms with Gasteiger partial charge in [0.05, 0.1) is 0 Å². The van der Waals surface area contributed by atoms with Crippen LogP contribution in [0.15, 0.2) is 0 Å². The lowest BCUT2D eigenvalue weighted by Crippen LogP contribution is -2.14. The number of rotatable bonds is 2. The molecule has 1 aliphatic rings. The number of aldehydes is 1. The predicted molar refractivity (Wildman–Crippen MR) is 37.6 cm³/mol. The maximum absolute atomic E-state index is 11.0. The largest absolute Gasteiger partial charge is 0.303 e. The molecule has 10 heavy (non-hydrogen) atoms. The monoisotopic (exact) mass is 140 g/mol. The van der Waals surface area contributed by atoms with Crippen molar-refractivity contribution >= 4 is 12.1 Å². The van der Waals surface area contributed by atoms with Gasteiger partial charge in [-0.2, -0.15) is 0 Å². The molecule has 2 atom stereocenters. The number of ketones is 1. The standard InChI is InChI=1S/C8H12O2/c1-2-7-6(5-9)3-4-8(7)10/h5-7H,2-4H2,1H3. The molecule has 0 spiro atoms. The summed E-state index contributed by atoms with van der Waals surface area (Å²) >= 11 is 0. The Labute approximate surface area is 60.6 Å². The van der Waals surface area contributed by atoms with Gasteiger partial charge in [0.1, 0.15) is 12.1 Å². The molecule has 1 saturated carbocycles. The molecule has 1 fully saturated rings. The summed E-state index contributed by atoms with van der Waals surface area (Å²) in [6.45, 7) is 1.96. The van der Waals surface area contributed by atoms with Crippen molar-refractivity contribution < 1.29 is 9.59 Å². The quantitative estimate of drug-likeness (QED) is 0.540. The van der Waals surface area contributed by atoms with Gasteiger partial charge in [0.25, 0.3) is 0 Å². The first-order valence-corrected chi connectivity index (χ1v) is 3.77. The third-order valence-corrected chi connectivity index (χ3v) is 2.27. The van der Waals surface area contributed by atoms with Gasteiger partial charge in [-0.1, -0.05) is 6.92 Å². The second kappa shape index (κ2) is 2.95. The molecule has 2 heteroatoms. The molecule has 0 bridgehead atoms. The van der Waals surface area contributed by atoms with Crippen LogP contribution in [0.5, 0.6) is 0 Å². The average molecular weight is 140 g/mol. The second-order valence-electron chi connectivity index (χ2n) is 2.82. The second-order valence-corrected chi connectivity index (χ2v) is 2.82. The number of hydrogen-bond donors (Lipinski definition) is 0. The van der Waals surface area contributed by atoms with Gasteiger partial charge in [0.15, 0.2) is 0 Å². The van der Waals surface area contributed by atoms with Gasteiger partial charge in [-0.15, -0.1) is 0 Å². The highest BCUT2D eigenvalue weighted by molar-refractivity contribution is 5.86. The van der Waals surface area contributed by atoms with Gasteiger partial charge in [0, 0.05) is 18.3 Å². The lowest BCUT2D eigenvalue weighted by Gasteiger charge is -2.07. The molecular formula is C8H12O2. The fourth-order valence-corrected chi connectivity index (χ4v) is 1.63. The summed E-state index contributed by atoms with van der Waals surface area (Å²) in [6.07, 6.45) is 3.14. The van der Waals surface area contributed by atoms with E-state index in [-0.39, 0.29) is 17.6 Å². The van der Waals surface area contributed by atoms with Gasteiger partial charge in [-0.25, -0.2) is 0 Å². The number of carbonyl (C=O) groups excluding carboxylic acids is 2. The Morgan fingerprint density at radius 3 is 2.80 bits per heavy atom. The summed E-state index contributed by atoms with van der Waals surface area (Å²) in [6, 6.07) is 0. The Hall–Kier alpha value is -0.660. The van der Waals surface area contributed by atoms with E-state index >= 15 is 0 Å². The SMILES string of the molecule is CCC1C(=O)CCC1C=O. The Morgan fingerprint density at radius 2 is 2.40 bits per heavy atom. The maximum Gasteiger partial charge on any atom is 0.136 e. The zero-order chi connectivity index (χ0) is 7.56. The molecule has 0 aliphatic heterocycles. The van der Waals surface area contributed by atoms with Gasteiger partial charge in [-0.3, -0.25) is 4.79 Å². The summed E-state index contributed by atoms with van der Waals surface area (Å²) in [7, 11) is 0. The minimum absolute atomic E-state index is 0.0255. The summed E-state index contributed by atoms with van der Waals surface area (Å²) in [4.78, 5) is 21.4. The van der Waals surface area contributed by atoms with Crippen molar-refractivity contribution in [2.24, 2.45) is 11.8 Å². The van der Waals surface area contributed by atoms with Crippen molar-refractivity contribution in [2.45, 2.75) is 26.2 Å². The molecule has 0 aromatic rings. The van der Waals surface area contributed by atoms with E-state index in [1.165, 1.54) is 0 Å². The molecule has 0 amide bonds. The van der Waals surface area contributed by atoms with E-state index in [0.29, 0.717) is 6.42 Å². The number of Topliss-reactive ketones (excluding diaryl/α,β-unsaturated/α-hetero) is 1. The third-order valence-electron chi connectivity index (χ3n) is 2.27. The van der Waals surface area contributed by atoms with Crippen LogP contribution in [0.2, 0.25) is 0 Å². The highest BCUT2D eigenvalue weighted by atomic mass is 16.1. The van der Waals surface area contributed by atoms with Gasteiger partial charge >= 0.3 is 0 Å². The lowest BCUT2D eigenvalue weighted by molar-refractivity contribution is -0.123. The highest BCUT2D eigenvalue weighted by Gasteiger charge is 2.32. The first-order valence-electron chi connectivity index (χ1n) is 3.77. The first kappa shape index (κ1) is 7.45. The average Bonchev–Trinajstić information content (AvgIpc) is 2.30. The normalized spacial score (nSPS) is 32.7. The van der Waals surface area contributed by atoms with E-state index in [1.54, 1.807) is 0 Å². The van der Waals surface area contributed by atoms with Crippen LogP contribution in [-0.2, 0) is 9.59 Å². The minimum Gasteiger partial charge on any atom is -0.303 e. The van der Waals surface area contributed by atoms with Gasteiger partial charge in [-0.05, 0) is 12.8 Å². The molecule has 0 radical (unpaired) electrons. The zero-order valence-corrected chi connectivity index (χ0v) is 6.17. The van der Waals surface area contributed by atoms with E-state index in [4.69, 9.17) is 0 Å². The molecule has 0 aromatic heterocycles. The van der Waals surface area contributed by atoms with Gasteiger partial charge in [0.2, 0.25) is 0 Å². The van der Waals surface area contributed by atoms with E-state index in [2.05, 4.69) is 0 Å². The Morgan fingerprint density at radius 1 is 1.70 bits per heavy atom. The molecule has 0 heterocycles. The first-order chi connectivity index (χ1) is 4.79. The Balaban J connectivity index is 2.62. The molecule has 1 rings (SSSR count). The molecule has 0 saturated heterocycles. The van der Waals surface area contributed by atoms with Crippen LogP contribution < -0.4 is 0 Å². The van der Waals surface area contributed by atoms with Crippen molar-refractivity contribution in [1.29, 1.82) is 0 Å². The Kier molecular flexibility index (Phi) is 2.20. The fourth-order valence-electron chi connectivity index (χ4n) is 1.63. The fraction of sp³-hybridized carbons (Fsp3) is 0.750. The highest BCUT2D eigenvalue weighted by Crippen LogP contribution is 2.29. The topological polar surface area (TPSA) is 34.1 Å². The smallest absolute Gasteiger partial charge is 0.136 e. The van der Waals surface area contributed by atoms with Crippen molar-refractivity contribution in [2.75, 3.05) is 0 Å². The maximum atomic E-state index is 11.0. The van der Waals surface area contributed by atoms with E-state index < -0.39 is 0 Å². The van der Waals surface area contributed by atoms with Crippen molar-refractivity contribution in [1.82, 2.24) is 0 Å². The van der Waals surface area contributed by atoms with Crippen molar-refractivity contribution in [3.63, 3.8) is 0 Å². The molecule has 1 aliphatic carbocycles. The van der Waals surface area contributed by atoms with Crippen LogP contribution in [0, 0.1) is 11.8 Å². The summed E-state index contributed by atoms with van der Waals surface area (Å²) in [5, 5.41) is 0. The van der Waals surface area contributed by atoms with E-state index in [9.17, 15) is 9.59 Å². The number of carbonyl (C=O) groups is 2. The molecule has 2 unspecified atom stereocenters. The minimum atomic E-state index is 0.0255. The molecular weight excluding hydrogens is 128 g/mol. The summed E-state index contributed by atoms with van der Waals surface area (Å²) in [5.41, 5.74) is 0. The molecule has 56 valence electrons. The van der Waals surface area contributed by atoms with Crippen LogP contribution in [0.1, 0.15) is 26.2 Å². The third kappa shape index (κ3) is 1.11. The van der Waals surface area contributed by atoms with Crippen molar-refractivity contribution in [3.05, 3.63) is 0 Å². The van der Waals surface area contributed by atoms with Gasteiger partial charge < -0.3 is 4.79 Å². The van der Waals surface area contributed by atoms with E-state index in [0.717, 1.165) is 19.1 Å². The van der Waals surface area contributed by atoms with Crippen LogP contribution in [0.3, 0.4) is 0 Å². The van der Waals surface area contributed by atoms with Crippen LogP contribution in [0.4, 0.5) is 0 Å². The summed E-state index contributed by atoms with van der Waals surface area (Å²) < 4.78 is 0. The van der Waals surface area contributed by atoms with Crippen LogP contribution in [0.25, 0.3) is 0 Å². The zero-order valence-electron chi connectivity index (χ0n) is 6.17. The van der Waals surface area contributed by atoms with E-state index in [1.807, 2.05) is 6.92 Å². The van der Waals surface area contributed by atoms with Crippen molar-refractivity contribution in [3.8, 4) is 0 Å². The molecule has 2 nitrogen and oxygen atoms in total. The number of hydrogen-bond acceptors (Lipinski definition) is 2. The summed E-state index contributed by atoms with van der Waals surface area (Å²) in [5.74, 6) is 0.342.